The molecule has 0 unspecified atom stereocenters. The van der Waals surface area contributed by atoms with Crippen LogP contribution in [0, 0.1) is 0 Å². The number of carbonyl (C=O) groups excluding carboxylic acids is 2. The molecule has 190 valence electrons. The number of hydrogen-bond acceptors (Lipinski definition) is 7. The Hall–Kier alpha value is -4.22. The number of nitrogens with zero attached hydrogens (tertiary/aromatic N) is 1. The van der Waals surface area contributed by atoms with Crippen LogP contribution in [0.15, 0.2) is 53.1 Å². The van der Waals surface area contributed by atoms with Crippen molar-refractivity contribution in [3.63, 3.8) is 0 Å². The first kappa shape index (κ1) is 24.9. The Morgan fingerprint density at radius 2 is 1.72 bits per heavy atom. The Morgan fingerprint density at radius 1 is 1.03 bits per heavy atom. The smallest absolute Gasteiger partial charge is 0.420 e. The third kappa shape index (κ3) is 5.53. The predicted octanol–water partition coefficient (Wildman–Crippen LogP) is 4.08. The SMILES string of the molecule is COc1ccc(Oc2ccc(CNC(=O)C3(NC(=O)c4cc(OC)no4)CC3)cc2)c(C(F)(F)F)c1. The van der Waals surface area contributed by atoms with E-state index in [1.54, 1.807) is 12.1 Å². The number of aromatic nitrogens is 1. The van der Waals surface area contributed by atoms with Crippen molar-refractivity contribution in [2.75, 3.05) is 14.2 Å². The molecule has 0 saturated heterocycles. The maximum atomic E-state index is 13.4. The minimum absolute atomic E-state index is 0.0611. The fourth-order valence-corrected chi connectivity index (χ4v) is 3.38. The second-order valence-corrected chi connectivity index (χ2v) is 8.06. The van der Waals surface area contributed by atoms with Gasteiger partial charge in [-0.2, -0.15) is 13.2 Å². The van der Waals surface area contributed by atoms with Crippen molar-refractivity contribution in [2.24, 2.45) is 0 Å². The van der Waals surface area contributed by atoms with Crippen LogP contribution < -0.4 is 24.8 Å². The largest absolute Gasteiger partial charge is 0.497 e. The number of hydrogen-bond donors (Lipinski definition) is 2. The Labute approximate surface area is 203 Å². The van der Waals surface area contributed by atoms with Gasteiger partial charge in [-0.15, -0.1) is 0 Å². The van der Waals surface area contributed by atoms with E-state index in [1.165, 1.54) is 44.6 Å². The molecule has 1 fully saturated rings. The van der Waals surface area contributed by atoms with Gasteiger partial charge in [-0.25, -0.2) is 0 Å². The molecule has 4 rings (SSSR count). The second-order valence-electron chi connectivity index (χ2n) is 8.06. The number of amides is 2. The first-order valence-corrected chi connectivity index (χ1v) is 10.8. The molecular formula is C24H22F3N3O6. The molecule has 1 heterocycles. The minimum Gasteiger partial charge on any atom is -0.497 e. The second kappa shape index (κ2) is 9.80. The average Bonchev–Trinajstić information content (AvgIpc) is 3.47. The summed E-state index contributed by atoms with van der Waals surface area (Å²) >= 11 is 0. The molecule has 1 aliphatic rings. The van der Waals surface area contributed by atoms with E-state index in [2.05, 4.69) is 15.8 Å². The van der Waals surface area contributed by atoms with Crippen LogP contribution in [0.4, 0.5) is 13.2 Å². The van der Waals surface area contributed by atoms with Crippen molar-refractivity contribution in [3.8, 4) is 23.1 Å². The number of nitrogens with one attached hydrogen (secondary N) is 2. The molecule has 9 nitrogen and oxygen atoms in total. The van der Waals surface area contributed by atoms with Gasteiger partial charge in [-0.3, -0.25) is 9.59 Å². The third-order valence-corrected chi connectivity index (χ3v) is 5.56. The van der Waals surface area contributed by atoms with E-state index < -0.39 is 23.2 Å². The molecule has 0 bridgehead atoms. The zero-order valence-electron chi connectivity index (χ0n) is 19.3. The Kier molecular flexibility index (Phi) is 6.77. The molecule has 2 N–H and O–H groups in total. The van der Waals surface area contributed by atoms with E-state index >= 15 is 0 Å². The summed E-state index contributed by atoms with van der Waals surface area (Å²) in [7, 11) is 2.66. The van der Waals surface area contributed by atoms with E-state index in [4.69, 9.17) is 18.7 Å². The number of benzene rings is 2. The molecule has 0 aliphatic heterocycles. The summed E-state index contributed by atoms with van der Waals surface area (Å²) in [6.45, 7) is 0.142. The summed E-state index contributed by atoms with van der Waals surface area (Å²) in [4.78, 5) is 25.0. The number of carbonyl (C=O) groups is 2. The molecule has 0 spiro atoms. The third-order valence-electron chi connectivity index (χ3n) is 5.56. The standard InChI is InChI=1S/C24H22F3N3O6/c1-33-16-7-8-18(17(11-16)24(25,26)27)35-15-5-3-14(4-6-15)13-28-22(32)23(9-10-23)29-21(31)19-12-20(34-2)30-36-19/h3-8,11-12H,9-10,13H2,1-2H3,(H,28,32)(H,29,31). The van der Waals surface area contributed by atoms with Gasteiger partial charge >= 0.3 is 6.18 Å². The first-order valence-electron chi connectivity index (χ1n) is 10.8. The zero-order valence-corrected chi connectivity index (χ0v) is 19.3. The molecule has 12 heteroatoms. The fourth-order valence-electron chi connectivity index (χ4n) is 3.38. The van der Waals surface area contributed by atoms with Gasteiger partial charge in [0.1, 0.15) is 28.4 Å². The van der Waals surface area contributed by atoms with Gasteiger partial charge in [0.2, 0.25) is 11.7 Å². The molecule has 2 amide bonds. The van der Waals surface area contributed by atoms with Crippen molar-refractivity contribution in [1.29, 1.82) is 0 Å². The molecule has 0 atom stereocenters. The Balaban J connectivity index is 1.35. The summed E-state index contributed by atoms with van der Waals surface area (Å²) in [5.74, 6) is -0.997. The molecular weight excluding hydrogens is 483 g/mol. The highest BCUT2D eigenvalue weighted by molar-refractivity contribution is 5.99. The quantitative estimate of drug-likeness (QED) is 0.451. The van der Waals surface area contributed by atoms with E-state index in [-0.39, 0.29) is 41.3 Å². The van der Waals surface area contributed by atoms with Crippen LogP contribution in [0.1, 0.15) is 34.5 Å². The van der Waals surface area contributed by atoms with E-state index in [0.29, 0.717) is 18.4 Å². The van der Waals surface area contributed by atoms with Gasteiger partial charge < -0.3 is 29.4 Å². The summed E-state index contributed by atoms with van der Waals surface area (Å²) in [6, 6.07) is 11.0. The topological polar surface area (TPSA) is 112 Å². The van der Waals surface area contributed by atoms with Crippen molar-refractivity contribution in [2.45, 2.75) is 31.1 Å². The van der Waals surface area contributed by atoms with Gasteiger partial charge in [-0.05, 0) is 53.9 Å². The number of rotatable bonds is 9. The van der Waals surface area contributed by atoms with Gasteiger partial charge in [0.25, 0.3) is 11.8 Å². The normalized spacial score (nSPS) is 14.0. The monoisotopic (exact) mass is 505 g/mol. The van der Waals surface area contributed by atoms with Gasteiger partial charge in [0.15, 0.2) is 0 Å². The van der Waals surface area contributed by atoms with E-state index in [9.17, 15) is 22.8 Å². The summed E-state index contributed by atoms with van der Waals surface area (Å²) in [6.07, 6.45) is -3.69. The molecule has 1 aromatic heterocycles. The average molecular weight is 505 g/mol. The summed E-state index contributed by atoms with van der Waals surface area (Å²) < 4.78 is 60.2. The number of ether oxygens (including phenoxy) is 3. The number of methoxy groups -OCH3 is 2. The van der Waals surface area contributed by atoms with Crippen LogP contribution in [0.5, 0.6) is 23.1 Å². The Bertz CT molecular complexity index is 1250. The predicted molar refractivity (Wildman–Crippen MR) is 119 cm³/mol. The van der Waals surface area contributed by atoms with Crippen LogP contribution in [0.3, 0.4) is 0 Å². The maximum absolute atomic E-state index is 13.4. The van der Waals surface area contributed by atoms with E-state index in [0.717, 1.165) is 6.07 Å². The number of halogens is 3. The fraction of sp³-hybridized carbons (Fsp3) is 0.292. The molecule has 36 heavy (non-hydrogen) atoms. The van der Waals surface area contributed by atoms with Gasteiger partial charge in [-0.1, -0.05) is 12.1 Å². The lowest BCUT2D eigenvalue weighted by atomic mass is 10.1. The lowest BCUT2D eigenvalue weighted by Crippen LogP contribution is -2.48. The highest BCUT2D eigenvalue weighted by atomic mass is 19.4. The molecule has 1 saturated carbocycles. The van der Waals surface area contributed by atoms with Crippen molar-refractivity contribution >= 4 is 11.8 Å². The first-order chi connectivity index (χ1) is 17.1. The van der Waals surface area contributed by atoms with Gasteiger partial charge in [0.05, 0.1) is 20.3 Å². The van der Waals surface area contributed by atoms with Crippen LogP contribution >= 0.6 is 0 Å². The molecule has 3 aromatic rings. The van der Waals surface area contributed by atoms with Crippen LogP contribution in [0.25, 0.3) is 0 Å². The molecule has 1 aliphatic carbocycles. The zero-order chi connectivity index (χ0) is 25.9. The van der Waals surface area contributed by atoms with Crippen LogP contribution in [-0.2, 0) is 17.5 Å². The highest BCUT2D eigenvalue weighted by Crippen LogP contribution is 2.40. The minimum atomic E-state index is -4.62. The van der Waals surface area contributed by atoms with E-state index in [1.807, 2.05) is 0 Å². The van der Waals surface area contributed by atoms with Crippen molar-refractivity contribution in [3.05, 3.63) is 65.4 Å². The summed E-state index contributed by atoms with van der Waals surface area (Å²) in [5.41, 5.74) is -1.31. The molecule has 0 radical (unpaired) electrons. The summed E-state index contributed by atoms with van der Waals surface area (Å²) in [5, 5.41) is 8.97. The lowest BCUT2D eigenvalue weighted by molar-refractivity contribution is -0.138. The molecule has 2 aromatic carbocycles. The maximum Gasteiger partial charge on any atom is 0.420 e. The van der Waals surface area contributed by atoms with Crippen molar-refractivity contribution in [1.82, 2.24) is 15.8 Å². The van der Waals surface area contributed by atoms with Gasteiger partial charge in [0, 0.05) is 6.54 Å². The van der Waals surface area contributed by atoms with Crippen molar-refractivity contribution < 1.29 is 41.5 Å². The van der Waals surface area contributed by atoms with Crippen LogP contribution in [0.2, 0.25) is 0 Å². The lowest BCUT2D eigenvalue weighted by Gasteiger charge is -2.17. The van der Waals surface area contributed by atoms with Crippen LogP contribution in [-0.4, -0.2) is 36.7 Å². The number of alkyl halides is 3. The highest BCUT2D eigenvalue weighted by Gasteiger charge is 2.51. The Morgan fingerprint density at radius 3 is 2.31 bits per heavy atom.